The Balaban J connectivity index is 2.47. The summed E-state index contributed by atoms with van der Waals surface area (Å²) >= 11 is 0. The third-order valence-corrected chi connectivity index (χ3v) is 3.21. The van der Waals surface area contributed by atoms with Gasteiger partial charge in [-0.2, -0.15) is 5.10 Å². The topological polar surface area (TPSA) is 46.9 Å². The average Bonchev–Trinajstić information content (AvgIpc) is 2.49. The minimum atomic E-state index is 0.00693. The molecule has 2 rings (SSSR count). The predicted octanol–water partition coefficient (Wildman–Crippen LogP) is 2.43. The second-order valence-electron chi connectivity index (χ2n) is 4.83. The molecule has 106 valence electrons. The van der Waals surface area contributed by atoms with Crippen molar-refractivity contribution in [3.8, 4) is 11.3 Å². The molecule has 20 heavy (non-hydrogen) atoms. The summed E-state index contributed by atoms with van der Waals surface area (Å²) in [6, 6.07) is 11.9. The van der Waals surface area contributed by atoms with E-state index < -0.39 is 0 Å². The number of nitrogens with one attached hydrogen (secondary N) is 1. The molecule has 0 saturated heterocycles. The number of nitrogens with zero attached hydrogens (tertiary/aromatic N) is 2. The van der Waals surface area contributed by atoms with Crippen LogP contribution in [0.3, 0.4) is 0 Å². The smallest absolute Gasteiger partial charge is 0.271 e. The number of hydrogen-bond donors (Lipinski definition) is 1. The Morgan fingerprint density at radius 2 is 2.00 bits per heavy atom. The first-order chi connectivity index (χ1) is 9.76. The molecular formula is C16H21N3O. The van der Waals surface area contributed by atoms with Gasteiger partial charge in [0.1, 0.15) is 0 Å². The van der Waals surface area contributed by atoms with Gasteiger partial charge in [0, 0.05) is 24.2 Å². The zero-order chi connectivity index (χ0) is 14.4. The van der Waals surface area contributed by atoms with Gasteiger partial charge in [-0.15, -0.1) is 0 Å². The van der Waals surface area contributed by atoms with E-state index in [1.807, 2.05) is 43.4 Å². The first-order valence-electron chi connectivity index (χ1n) is 7.07. The largest absolute Gasteiger partial charge is 0.315 e. The highest BCUT2D eigenvalue weighted by molar-refractivity contribution is 5.58. The molecule has 0 aliphatic rings. The molecular weight excluding hydrogens is 250 g/mol. The minimum absolute atomic E-state index is 0.00693. The van der Waals surface area contributed by atoms with Crippen LogP contribution < -0.4 is 10.9 Å². The van der Waals surface area contributed by atoms with E-state index in [1.165, 1.54) is 0 Å². The van der Waals surface area contributed by atoms with E-state index in [0.29, 0.717) is 13.1 Å². The summed E-state index contributed by atoms with van der Waals surface area (Å²) in [5.74, 6) is 0. The van der Waals surface area contributed by atoms with Gasteiger partial charge in [0.25, 0.3) is 5.56 Å². The highest BCUT2D eigenvalue weighted by Gasteiger charge is 2.09. The zero-order valence-corrected chi connectivity index (χ0v) is 12.1. The van der Waals surface area contributed by atoms with Crippen molar-refractivity contribution in [1.29, 1.82) is 0 Å². The third-order valence-electron chi connectivity index (χ3n) is 3.21. The van der Waals surface area contributed by atoms with Crippen LogP contribution in [0.4, 0.5) is 0 Å². The van der Waals surface area contributed by atoms with Crippen LogP contribution in [0.2, 0.25) is 0 Å². The molecule has 1 aromatic heterocycles. The van der Waals surface area contributed by atoms with Crippen molar-refractivity contribution in [3.05, 3.63) is 52.3 Å². The molecule has 0 spiro atoms. The number of aromatic nitrogens is 2. The van der Waals surface area contributed by atoms with Gasteiger partial charge < -0.3 is 5.32 Å². The van der Waals surface area contributed by atoms with Gasteiger partial charge in [-0.3, -0.25) is 4.79 Å². The SMILES string of the molecule is CCCCn1nc(-c2ccccc2)cc(CNC)c1=O. The molecule has 0 radical (unpaired) electrons. The van der Waals surface area contributed by atoms with E-state index in [9.17, 15) is 4.79 Å². The van der Waals surface area contributed by atoms with Gasteiger partial charge in [0.15, 0.2) is 0 Å². The maximum absolute atomic E-state index is 12.3. The number of unbranched alkanes of at least 4 members (excludes halogenated alkanes) is 1. The van der Waals surface area contributed by atoms with Gasteiger partial charge in [-0.25, -0.2) is 4.68 Å². The Morgan fingerprint density at radius 3 is 2.65 bits per heavy atom. The molecule has 4 nitrogen and oxygen atoms in total. The van der Waals surface area contributed by atoms with Crippen molar-refractivity contribution >= 4 is 0 Å². The second kappa shape index (κ2) is 7.01. The summed E-state index contributed by atoms with van der Waals surface area (Å²) in [5, 5.41) is 7.55. The van der Waals surface area contributed by atoms with Crippen LogP contribution in [-0.4, -0.2) is 16.8 Å². The average molecular weight is 271 g/mol. The van der Waals surface area contributed by atoms with Crippen LogP contribution in [0.15, 0.2) is 41.2 Å². The molecule has 1 heterocycles. The Morgan fingerprint density at radius 1 is 1.25 bits per heavy atom. The van der Waals surface area contributed by atoms with Crippen molar-refractivity contribution in [1.82, 2.24) is 15.1 Å². The monoisotopic (exact) mass is 271 g/mol. The van der Waals surface area contributed by atoms with E-state index in [2.05, 4.69) is 17.3 Å². The molecule has 0 atom stereocenters. The first kappa shape index (κ1) is 14.5. The van der Waals surface area contributed by atoms with Crippen molar-refractivity contribution in [2.24, 2.45) is 0 Å². The highest BCUT2D eigenvalue weighted by Crippen LogP contribution is 2.15. The molecule has 0 aliphatic carbocycles. The van der Waals surface area contributed by atoms with Crippen LogP contribution in [0.5, 0.6) is 0 Å². The quantitative estimate of drug-likeness (QED) is 0.877. The Hall–Kier alpha value is -1.94. The summed E-state index contributed by atoms with van der Waals surface area (Å²) in [5.41, 5.74) is 2.66. The summed E-state index contributed by atoms with van der Waals surface area (Å²) in [4.78, 5) is 12.3. The first-order valence-corrected chi connectivity index (χ1v) is 7.07. The summed E-state index contributed by atoms with van der Waals surface area (Å²) in [6.07, 6.45) is 2.01. The fourth-order valence-electron chi connectivity index (χ4n) is 2.12. The molecule has 2 aromatic rings. The minimum Gasteiger partial charge on any atom is -0.315 e. The summed E-state index contributed by atoms with van der Waals surface area (Å²) in [6.45, 7) is 3.35. The van der Waals surface area contributed by atoms with Crippen LogP contribution in [0.1, 0.15) is 25.3 Å². The van der Waals surface area contributed by atoms with Crippen LogP contribution in [0.25, 0.3) is 11.3 Å². The lowest BCUT2D eigenvalue weighted by molar-refractivity contribution is 0.538. The van der Waals surface area contributed by atoms with E-state index in [1.54, 1.807) is 4.68 Å². The normalized spacial score (nSPS) is 10.7. The lowest BCUT2D eigenvalue weighted by atomic mass is 10.1. The number of benzene rings is 1. The molecule has 1 N–H and O–H groups in total. The fourth-order valence-corrected chi connectivity index (χ4v) is 2.12. The Labute approximate surface area is 119 Å². The lowest BCUT2D eigenvalue weighted by Crippen LogP contribution is -2.28. The molecule has 0 amide bonds. The van der Waals surface area contributed by atoms with Gasteiger partial charge in [-0.1, -0.05) is 43.7 Å². The lowest BCUT2D eigenvalue weighted by Gasteiger charge is -2.10. The molecule has 0 unspecified atom stereocenters. The van der Waals surface area contributed by atoms with Crippen LogP contribution in [0, 0.1) is 0 Å². The van der Waals surface area contributed by atoms with Gasteiger partial charge in [0.05, 0.1) is 5.69 Å². The van der Waals surface area contributed by atoms with E-state index >= 15 is 0 Å². The van der Waals surface area contributed by atoms with Crippen LogP contribution >= 0.6 is 0 Å². The molecule has 1 aromatic carbocycles. The van der Waals surface area contributed by atoms with Crippen molar-refractivity contribution in [2.45, 2.75) is 32.9 Å². The maximum atomic E-state index is 12.3. The standard InChI is InChI=1S/C16H21N3O/c1-3-4-10-19-16(20)14(12-17-2)11-15(18-19)13-8-6-5-7-9-13/h5-9,11,17H,3-4,10,12H2,1-2H3. The van der Waals surface area contributed by atoms with Crippen molar-refractivity contribution in [3.63, 3.8) is 0 Å². The predicted molar refractivity (Wildman–Crippen MR) is 81.6 cm³/mol. The molecule has 0 bridgehead atoms. The van der Waals surface area contributed by atoms with E-state index in [0.717, 1.165) is 29.7 Å². The molecule has 0 saturated carbocycles. The second-order valence-corrected chi connectivity index (χ2v) is 4.83. The van der Waals surface area contributed by atoms with E-state index in [-0.39, 0.29) is 5.56 Å². The number of hydrogen-bond acceptors (Lipinski definition) is 3. The Kier molecular flexibility index (Phi) is 5.07. The summed E-state index contributed by atoms with van der Waals surface area (Å²) < 4.78 is 1.60. The van der Waals surface area contributed by atoms with Gasteiger partial charge in [-0.05, 0) is 19.5 Å². The van der Waals surface area contributed by atoms with Crippen molar-refractivity contribution < 1.29 is 0 Å². The fraction of sp³-hybridized carbons (Fsp3) is 0.375. The van der Waals surface area contributed by atoms with Crippen LogP contribution in [-0.2, 0) is 13.1 Å². The summed E-state index contributed by atoms with van der Waals surface area (Å²) in [7, 11) is 1.85. The number of aryl methyl sites for hydroxylation is 1. The molecule has 0 fully saturated rings. The maximum Gasteiger partial charge on any atom is 0.271 e. The van der Waals surface area contributed by atoms with Gasteiger partial charge >= 0.3 is 0 Å². The number of rotatable bonds is 6. The van der Waals surface area contributed by atoms with E-state index in [4.69, 9.17) is 0 Å². The van der Waals surface area contributed by atoms with Crippen molar-refractivity contribution in [2.75, 3.05) is 7.05 Å². The van der Waals surface area contributed by atoms with Gasteiger partial charge in [0.2, 0.25) is 0 Å². The third kappa shape index (κ3) is 3.33. The molecule has 4 heteroatoms. The Bertz CT molecular complexity index is 605. The zero-order valence-electron chi connectivity index (χ0n) is 12.1. The molecule has 0 aliphatic heterocycles. The highest BCUT2D eigenvalue weighted by atomic mass is 16.1.